The summed E-state index contributed by atoms with van der Waals surface area (Å²) < 4.78 is 27.0. The standard InChI is InChI=1S/C14H14N2O5S2.H2O/c1-8-7-22-13-10(12(17)16(13)11(8)14(18)19)15-23(20,21)9-5-3-2-4-6-9;/h2-6,10,13,15H,7H2,1H3,(H,18,19);1H2/t10-,13-;/m1./s1. The lowest BCUT2D eigenvalue weighted by atomic mass is 10.0. The molecule has 1 aromatic carbocycles. The van der Waals surface area contributed by atoms with Crippen molar-refractivity contribution in [1.29, 1.82) is 0 Å². The topological polar surface area (TPSA) is 135 Å². The first kappa shape index (κ1) is 18.5. The second-order valence-corrected chi connectivity index (χ2v) is 8.07. The summed E-state index contributed by atoms with van der Waals surface area (Å²) in [7, 11) is -3.83. The van der Waals surface area contributed by atoms with Gasteiger partial charge in [-0.05, 0) is 24.6 Å². The highest BCUT2D eigenvalue weighted by Gasteiger charge is 2.54. The molecule has 1 fully saturated rings. The predicted molar refractivity (Wildman–Crippen MR) is 87.6 cm³/mol. The van der Waals surface area contributed by atoms with E-state index in [2.05, 4.69) is 4.72 Å². The third-order valence-corrected chi connectivity index (χ3v) is 6.58. The quantitative estimate of drug-likeness (QED) is 0.702. The fourth-order valence-corrected chi connectivity index (χ4v) is 5.18. The van der Waals surface area contributed by atoms with Gasteiger partial charge in [0, 0.05) is 5.75 Å². The number of nitrogens with one attached hydrogen (secondary N) is 1. The predicted octanol–water partition coefficient (Wildman–Crippen LogP) is -0.218. The number of hydrogen-bond acceptors (Lipinski definition) is 5. The van der Waals surface area contributed by atoms with Crippen LogP contribution in [0.4, 0.5) is 0 Å². The average molecular weight is 372 g/mol. The molecule has 1 amide bonds. The molecule has 10 heteroatoms. The number of carboxylic acids is 1. The molecule has 0 aromatic heterocycles. The molecule has 130 valence electrons. The first-order chi connectivity index (χ1) is 10.8. The summed E-state index contributed by atoms with van der Waals surface area (Å²) in [5.41, 5.74) is 0.547. The first-order valence-electron chi connectivity index (χ1n) is 6.78. The van der Waals surface area contributed by atoms with Crippen molar-refractivity contribution in [3.63, 3.8) is 0 Å². The van der Waals surface area contributed by atoms with Gasteiger partial charge in [0.1, 0.15) is 17.1 Å². The Morgan fingerprint density at radius 3 is 2.54 bits per heavy atom. The van der Waals surface area contributed by atoms with Crippen LogP contribution in [0.25, 0.3) is 0 Å². The third-order valence-electron chi connectivity index (χ3n) is 3.70. The Balaban J connectivity index is 0.00000208. The van der Waals surface area contributed by atoms with E-state index in [0.29, 0.717) is 11.3 Å². The van der Waals surface area contributed by atoms with Crippen LogP contribution < -0.4 is 4.72 Å². The number of benzene rings is 1. The van der Waals surface area contributed by atoms with Crippen molar-refractivity contribution in [2.24, 2.45) is 0 Å². The minimum atomic E-state index is -3.83. The molecule has 1 aromatic rings. The van der Waals surface area contributed by atoms with Crippen molar-refractivity contribution in [2.75, 3.05) is 5.75 Å². The van der Waals surface area contributed by atoms with Gasteiger partial charge in [0.05, 0.1) is 4.90 Å². The van der Waals surface area contributed by atoms with Crippen molar-refractivity contribution >= 4 is 33.7 Å². The number of carboxylic acid groups (broad SMARTS) is 1. The van der Waals surface area contributed by atoms with E-state index in [4.69, 9.17) is 0 Å². The lowest BCUT2D eigenvalue weighted by Gasteiger charge is -2.49. The molecule has 3 rings (SSSR count). The monoisotopic (exact) mass is 372 g/mol. The molecule has 24 heavy (non-hydrogen) atoms. The number of amides is 1. The van der Waals surface area contributed by atoms with E-state index in [0.717, 1.165) is 4.90 Å². The summed E-state index contributed by atoms with van der Waals surface area (Å²) in [5.74, 6) is -1.27. The highest BCUT2D eigenvalue weighted by Crippen LogP contribution is 2.40. The highest BCUT2D eigenvalue weighted by atomic mass is 32.2. The Hall–Kier alpha value is -1.88. The molecule has 2 aliphatic heterocycles. The van der Waals surface area contributed by atoms with Crippen LogP contribution in [-0.2, 0) is 19.6 Å². The zero-order chi connectivity index (χ0) is 16.8. The van der Waals surface area contributed by atoms with Crippen LogP contribution in [0.2, 0.25) is 0 Å². The van der Waals surface area contributed by atoms with Crippen LogP contribution in [-0.4, -0.2) is 52.9 Å². The molecule has 2 heterocycles. The maximum absolute atomic E-state index is 12.3. The van der Waals surface area contributed by atoms with Crippen LogP contribution in [0.1, 0.15) is 6.92 Å². The summed E-state index contributed by atoms with van der Waals surface area (Å²) in [6.07, 6.45) is 0. The van der Waals surface area contributed by atoms with Crippen molar-refractivity contribution in [2.45, 2.75) is 23.2 Å². The normalized spacial score (nSPS) is 23.2. The van der Waals surface area contributed by atoms with Gasteiger partial charge in [-0.1, -0.05) is 18.2 Å². The molecule has 1 saturated heterocycles. The number of β-lactam (4-membered cyclic amide) rings is 1. The Labute approximate surface area is 142 Å². The summed E-state index contributed by atoms with van der Waals surface area (Å²) in [6, 6.07) is 6.79. The molecule has 0 saturated carbocycles. The smallest absolute Gasteiger partial charge is 0.352 e. The van der Waals surface area contributed by atoms with Gasteiger partial charge in [0.25, 0.3) is 0 Å². The summed E-state index contributed by atoms with van der Waals surface area (Å²) in [6.45, 7) is 1.65. The fourth-order valence-electron chi connectivity index (χ4n) is 2.59. The number of carbonyl (C=O) groups excluding carboxylic acids is 1. The number of carbonyl (C=O) groups is 2. The van der Waals surface area contributed by atoms with E-state index < -0.39 is 33.3 Å². The molecule has 4 N–H and O–H groups in total. The van der Waals surface area contributed by atoms with E-state index in [9.17, 15) is 23.1 Å². The van der Waals surface area contributed by atoms with Crippen molar-refractivity contribution in [3.8, 4) is 0 Å². The van der Waals surface area contributed by atoms with Crippen molar-refractivity contribution in [1.82, 2.24) is 9.62 Å². The van der Waals surface area contributed by atoms with Crippen LogP contribution in [0.15, 0.2) is 46.5 Å². The third kappa shape index (κ3) is 2.93. The van der Waals surface area contributed by atoms with Gasteiger partial charge in [-0.2, -0.15) is 4.72 Å². The maximum Gasteiger partial charge on any atom is 0.352 e. The summed E-state index contributed by atoms with van der Waals surface area (Å²) >= 11 is 1.35. The lowest BCUT2D eigenvalue weighted by Crippen LogP contribution is -2.70. The second kappa shape index (κ2) is 6.55. The molecular formula is C14H16N2O6S2. The Morgan fingerprint density at radius 1 is 1.33 bits per heavy atom. The molecule has 2 aliphatic rings. The minimum Gasteiger partial charge on any atom is -0.477 e. The number of thioether (sulfide) groups is 1. The van der Waals surface area contributed by atoms with E-state index in [-0.39, 0.29) is 16.1 Å². The lowest BCUT2D eigenvalue weighted by molar-refractivity contribution is -0.148. The first-order valence-corrected chi connectivity index (χ1v) is 9.31. The minimum absolute atomic E-state index is 0. The molecular weight excluding hydrogens is 356 g/mol. The molecule has 0 bridgehead atoms. The number of aliphatic carboxylic acids is 1. The van der Waals surface area contributed by atoms with Crippen LogP contribution in [0.3, 0.4) is 0 Å². The average Bonchev–Trinajstić information content (AvgIpc) is 2.53. The van der Waals surface area contributed by atoms with Gasteiger partial charge in [-0.15, -0.1) is 11.8 Å². The van der Waals surface area contributed by atoms with Crippen LogP contribution >= 0.6 is 11.8 Å². The zero-order valence-corrected chi connectivity index (χ0v) is 14.2. The number of fused-ring (bicyclic) bond motifs is 1. The molecule has 2 atom stereocenters. The van der Waals surface area contributed by atoms with Gasteiger partial charge in [-0.3, -0.25) is 9.69 Å². The van der Waals surface area contributed by atoms with Gasteiger partial charge in [-0.25, -0.2) is 13.2 Å². The van der Waals surface area contributed by atoms with Gasteiger partial charge < -0.3 is 10.6 Å². The number of sulfonamides is 1. The molecule has 0 aliphatic carbocycles. The molecule has 0 spiro atoms. The number of rotatable bonds is 4. The van der Waals surface area contributed by atoms with Gasteiger partial charge in [0.2, 0.25) is 15.9 Å². The fraction of sp³-hybridized carbons (Fsp3) is 0.286. The van der Waals surface area contributed by atoms with Crippen LogP contribution in [0.5, 0.6) is 0 Å². The Bertz CT molecular complexity index is 806. The van der Waals surface area contributed by atoms with Gasteiger partial charge >= 0.3 is 5.97 Å². The van der Waals surface area contributed by atoms with Gasteiger partial charge in [0.15, 0.2) is 0 Å². The zero-order valence-electron chi connectivity index (χ0n) is 12.6. The molecule has 8 nitrogen and oxygen atoms in total. The van der Waals surface area contributed by atoms with Crippen molar-refractivity contribution in [3.05, 3.63) is 41.6 Å². The van der Waals surface area contributed by atoms with Crippen molar-refractivity contribution < 1.29 is 28.6 Å². The largest absolute Gasteiger partial charge is 0.477 e. The van der Waals surface area contributed by atoms with E-state index >= 15 is 0 Å². The van der Waals surface area contributed by atoms with E-state index in [1.54, 1.807) is 25.1 Å². The highest BCUT2D eigenvalue weighted by molar-refractivity contribution is 8.00. The number of nitrogens with zero attached hydrogens (tertiary/aromatic N) is 1. The number of hydrogen-bond donors (Lipinski definition) is 2. The van der Waals surface area contributed by atoms with E-state index in [1.807, 2.05) is 0 Å². The Morgan fingerprint density at radius 2 is 1.96 bits per heavy atom. The maximum atomic E-state index is 12.3. The molecule has 0 unspecified atom stereocenters. The SMILES string of the molecule is CC1=C(C(=O)O)N2C(=O)[C@@H](NS(=O)(=O)c3ccccc3)[C@H]2SC1.O. The van der Waals surface area contributed by atoms with Crippen LogP contribution in [0, 0.1) is 0 Å². The summed E-state index contributed by atoms with van der Waals surface area (Å²) in [5, 5.41) is 8.71. The Kier molecular flexibility index (Phi) is 5.04. The second-order valence-electron chi connectivity index (χ2n) is 5.26. The van der Waals surface area contributed by atoms with E-state index in [1.165, 1.54) is 23.9 Å². The molecule has 0 radical (unpaired) electrons. The summed E-state index contributed by atoms with van der Waals surface area (Å²) in [4.78, 5) is 24.8.